The summed E-state index contributed by atoms with van der Waals surface area (Å²) in [4.78, 5) is 19.2. The number of rotatable bonds is 3. The molecule has 1 heterocycles. The minimum atomic E-state index is -0.0776. The first-order valence-corrected chi connectivity index (χ1v) is 6.73. The zero-order chi connectivity index (χ0) is 12.3. The highest BCUT2D eigenvalue weighted by Gasteiger charge is 2.21. The molecule has 0 amide bonds. The molecule has 1 aromatic heterocycles. The zero-order valence-electron chi connectivity index (χ0n) is 10.4. The van der Waals surface area contributed by atoms with Crippen LogP contribution in [0.25, 0.3) is 0 Å². The van der Waals surface area contributed by atoms with E-state index in [-0.39, 0.29) is 11.0 Å². The molecule has 0 aliphatic heterocycles. The van der Waals surface area contributed by atoms with E-state index in [1.165, 1.54) is 0 Å². The highest BCUT2D eigenvalue weighted by Crippen LogP contribution is 2.23. The van der Waals surface area contributed by atoms with Crippen molar-refractivity contribution in [2.75, 3.05) is 0 Å². The lowest BCUT2D eigenvalue weighted by molar-refractivity contribution is 0.553. The molecule has 1 aromatic rings. The van der Waals surface area contributed by atoms with Gasteiger partial charge < -0.3 is 4.98 Å². The second kappa shape index (κ2) is 5.29. The van der Waals surface area contributed by atoms with Crippen LogP contribution < -0.4 is 5.56 Å². The molecule has 0 saturated heterocycles. The summed E-state index contributed by atoms with van der Waals surface area (Å²) in [6.45, 7) is 8.39. The van der Waals surface area contributed by atoms with Gasteiger partial charge in [-0.25, -0.2) is 4.98 Å². The smallest absolute Gasteiger partial charge is 0.264 e. The minimum absolute atomic E-state index is 0.00775. The van der Waals surface area contributed by atoms with Crippen molar-refractivity contribution in [3.05, 3.63) is 25.4 Å². The number of aromatic nitrogens is 2. The Bertz CT molecular complexity index is 418. The monoisotopic (exact) mass is 334 g/mol. The number of unbranched alkanes of at least 4 members (excludes halogenated alkanes) is 1. The number of nitrogens with one attached hydrogen (secondary N) is 1. The van der Waals surface area contributed by atoms with E-state index in [9.17, 15) is 4.79 Å². The van der Waals surface area contributed by atoms with Crippen LogP contribution in [0.2, 0.25) is 0 Å². The van der Waals surface area contributed by atoms with Crippen molar-refractivity contribution in [1.29, 1.82) is 0 Å². The molecule has 0 spiro atoms. The van der Waals surface area contributed by atoms with Crippen molar-refractivity contribution < 1.29 is 0 Å². The SMILES string of the molecule is CCCCc1nc(C(C)(C)C)c(I)c(=O)[nH]1. The fourth-order valence-electron chi connectivity index (χ4n) is 1.47. The lowest BCUT2D eigenvalue weighted by atomic mass is 9.92. The summed E-state index contributed by atoms with van der Waals surface area (Å²) >= 11 is 2.08. The van der Waals surface area contributed by atoms with E-state index in [0.29, 0.717) is 3.57 Å². The molecule has 0 saturated carbocycles. The largest absolute Gasteiger partial charge is 0.310 e. The Hall–Kier alpha value is -0.390. The lowest BCUT2D eigenvalue weighted by Gasteiger charge is -2.19. The van der Waals surface area contributed by atoms with Crippen LogP contribution in [-0.4, -0.2) is 9.97 Å². The van der Waals surface area contributed by atoms with Crippen molar-refractivity contribution in [3.8, 4) is 0 Å². The van der Waals surface area contributed by atoms with Gasteiger partial charge in [0.25, 0.3) is 5.56 Å². The first-order valence-electron chi connectivity index (χ1n) is 5.65. The first-order chi connectivity index (χ1) is 7.36. The molecule has 0 aliphatic rings. The van der Waals surface area contributed by atoms with E-state index < -0.39 is 0 Å². The van der Waals surface area contributed by atoms with E-state index >= 15 is 0 Å². The van der Waals surface area contributed by atoms with E-state index in [4.69, 9.17) is 0 Å². The molecule has 1 N–H and O–H groups in total. The first kappa shape index (κ1) is 13.7. The van der Waals surface area contributed by atoms with Crippen LogP contribution in [0.4, 0.5) is 0 Å². The third kappa shape index (κ3) is 3.30. The van der Waals surface area contributed by atoms with E-state index in [1.807, 2.05) is 0 Å². The van der Waals surface area contributed by atoms with Crippen LogP contribution in [0.3, 0.4) is 0 Å². The normalized spacial score (nSPS) is 11.8. The van der Waals surface area contributed by atoms with Crippen LogP contribution in [-0.2, 0) is 11.8 Å². The predicted octanol–water partition coefficient (Wildman–Crippen LogP) is 3.01. The van der Waals surface area contributed by atoms with Crippen molar-refractivity contribution in [1.82, 2.24) is 9.97 Å². The average Bonchev–Trinajstić information content (AvgIpc) is 2.17. The van der Waals surface area contributed by atoms with E-state index in [2.05, 4.69) is 60.3 Å². The number of hydrogen-bond donors (Lipinski definition) is 1. The van der Waals surface area contributed by atoms with Crippen LogP contribution >= 0.6 is 22.6 Å². The topological polar surface area (TPSA) is 45.8 Å². The molecule has 0 bridgehead atoms. The summed E-state index contributed by atoms with van der Waals surface area (Å²) in [5, 5.41) is 0. The van der Waals surface area contributed by atoms with Gasteiger partial charge in [0, 0.05) is 11.8 Å². The van der Waals surface area contributed by atoms with Gasteiger partial charge in [-0.05, 0) is 29.0 Å². The fraction of sp³-hybridized carbons (Fsp3) is 0.667. The molecule has 0 radical (unpaired) electrons. The van der Waals surface area contributed by atoms with Gasteiger partial charge in [0.15, 0.2) is 0 Å². The third-order valence-electron chi connectivity index (χ3n) is 2.39. The van der Waals surface area contributed by atoms with Crippen LogP contribution in [0, 0.1) is 3.57 Å². The Labute approximate surface area is 110 Å². The van der Waals surface area contributed by atoms with Gasteiger partial charge in [-0.3, -0.25) is 4.79 Å². The van der Waals surface area contributed by atoms with Crippen molar-refractivity contribution in [2.24, 2.45) is 0 Å². The second-order valence-electron chi connectivity index (χ2n) is 5.03. The molecule has 0 aliphatic carbocycles. The van der Waals surface area contributed by atoms with Gasteiger partial charge in [-0.15, -0.1) is 0 Å². The van der Waals surface area contributed by atoms with Crippen LogP contribution in [0.5, 0.6) is 0 Å². The highest BCUT2D eigenvalue weighted by atomic mass is 127. The maximum atomic E-state index is 11.8. The molecule has 0 atom stereocenters. The quantitative estimate of drug-likeness (QED) is 0.864. The molecule has 3 nitrogen and oxygen atoms in total. The number of aromatic amines is 1. The van der Waals surface area contributed by atoms with Crippen LogP contribution in [0.15, 0.2) is 4.79 Å². The Balaban J connectivity index is 3.18. The lowest BCUT2D eigenvalue weighted by Crippen LogP contribution is -2.25. The summed E-state index contributed by atoms with van der Waals surface area (Å²) in [6, 6.07) is 0. The number of halogens is 1. The van der Waals surface area contributed by atoms with Gasteiger partial charge in [-0.1, -0.05) is 34.1 Å². The van der Waals surface area contributed by atoms with Crippen molar-refractivity contribution >= 4 is 22.6 Å². The number of hydrogen-bond acceptors (Lipinski definition) is 2. The van der Waals surface area contributed by atoms with E-state index in [1.54, 1.807) is 0 Å². The Morgan fingerprint density at radius 3 is 2.50 bits per heavy atom. The minimum Gasteiger partial charge on any atom is -0.310 e. The fourth-order valence-corrected chi connectivity index (χ4v) is 2.53. The molecule has 0 aromatic carbocycles. The Kier molecular flexibility index (Phi) is 4.52. The summed E-state index contributed by atoms with van der Waals surface area (Å²) in [5.74, 6) is 0.817. The molecule has 0 fully saturated rings. The summed E-state index contributed by atoms with van der Waals surface area (Å²) in [6.07, 6.45) is 3.03. The van der Waals surface area contributed by atoms with Gasteiger partial charge in [-0.2, -0.15) is 0 Å². The molecule has 16 heavy (non-hydrogen) atoms. The zero-order valence-corrected chi connectivity index (χ0v) is 12.5. The maximum Gasteiger partial charge on any atom is 0.264 e. The standard InChI is InChI=1S/C12H19IN2O/c1-5-6-7-8-14-10(12(2,3)4)9(13)11(16)15-8/h5-7H2,1-4H3,(H,14,15,16). The predicted molar refractivity (Wildman–Crippen MR) is 74.9 cm³/mol. The molecular weight excluding hydrogens is 315 g/mol. The Morgan fingerprint density at radius 1 is 1.38 bits per heavy atom. The number of nitrogens with zero attached hydrogens (tertiary/aromatic N) is 1. The molecule has 90 valence electrons. The molecular formula is C12H19IN2O. The highest BCUT2D eigenvalue weighted by molar-refractivity contribution is 14.1. The molecule has 4 heteroatoms. The molecule has 1 rings (SSSR count). The van der Waals surface area contributed by atoms with Gasteiger partial charge in [0.1, 0.15) is 9.39 Å². The summed E-state index contributed by atoms with van der Waals surface area (Å²) in [5.41, 5.74) is 0.820. The Morgan fingerprint density at radius 2 is 2.00 bits per heavy atom. The van der Waals surface area contributed by atoms with Crippen molar-refractivity contribution in [2.45, 2.75) is 52.4 Å². The number of H-pyrrole nitrogens is 1. The summed E-state index contributed by atoms with van der Waals surface area (Å²) < 4.78 is 0.713. The second-order valence-corrected chi connectivity index (χ2v) is 6.11. The average molecular weight is 334 g/mol. The summed E-state index contributed by atoms with van der Waals surface area (Å²) in [7, 11) is 0. The third-order valence-corrected chi connectivity index (χ3v) is 3.39. The molecule has 0 unspecified atom stereocenters. The van der Waals surface area contributed by atoms with E-state index in [0.717, 1.165) is 30.8 Å². The number of aryl methyl sites for hydroxylation is 1. The van der Waals surface area contributed by atoms with Gasteiger partial charge in [0.2, 0.25) is 0 Å². The van der Waals surface area contributed by atoms with Gasteiger partial charge >= 0.3 is 0 Å². The van der Waals surface area contributed by atoms with Crippen LogP contribution in [0.1, 0.15) is 52.1 Å². The maximum absolute atomic E-state index is 11.8. The van der Waals surface area contributed by atoms with Crippen molar-refractivity contribution in [3.63, 3.8) is 0 Å². The van der Waals surface area contributed by atoms with Gasteiger partial charge in [0.05, 0.1) is 5.69 Å².